The first-order valence-electron chi connectivity index (χ1n) is 8.63. The van der Waals surface area contributed by atoms with Gasteiger partial charge in [-0.1, -0.05) is 55.5 Å². The summed E-state index contributed by atoms with van der Waals surface area (Å²) in [5, 5.41) is 11.8. The van der Waals surface area contributed by atoms with Crippen molar-refractivity contribution < 1.29 is 9.84 Å². The van der Waals surface area contributed by atoms with Crippen LogP contribution in [-0.4, -0.2) is 37.8 Å². The number of ether oxygens (including phenoxy) is 1. The number of benzene rings is 2. The Morgan fingerprint density at radius 3 is 2.24 bits per heavy atom. The van der Waals surface area contributed by atoms with Crippen LogP contribution >= 0.6 is 0 Å². The fourth-order valence-corrected chi connectivity index (χ4v) is 3.34. The largest absolute Gasteiger partial charge is 0.497 e. The van der Waals surface area contributed by atoms with Crippen LogP contribution in [-0.2, 0) is 5.60 Å². The fraction of sp³-hybridized carbons (Fsp3) is 0.364. The molecule has 3 heteroatoms. The molecule has 0 radical (unpaired) electrons. The summed E-state index contributed by atoms with van der Waals surface area (Å²) in [6.45, 7) is 4.87. The monoisotopic (exact) mass is 339 g/mol. The van der Waals surface area contributed by atoms with Gasteiger partial charge in [-0.15, -0.1) is 0 Å². The maximum absolute atomic E-state index is 11.8. The summed E-state index contributed by atoms with van der Waals surface area (Å²) in [4.78, 5) is 2.11. The fourth-order valence-electron chi connectivity index (χ4n) is 3.34. The minimum Gasteiger partial charge on any atom is -0.497 e. The van der Waals surface area contributed by atoms with Gasteiger partial charge in [-0.3, -0.25) is 0 Å². The average molecular weight is 339 g/mol. The zero-order valence-electron chi connectivity index (χ0n) is 15.9. The molecule has 0 bridgehead atoms. The third kappa shape index (κ3) is 4.50. The van der Waals surface area contributed by atoms with Gasteiger partial charge in [-0.05, 0) is 49.9 Å². The maximum Gasteiger partial charge on any atom is 0.118 e. The highest BCUT2D eigenvalue weighted by Gasteiger charge is 2.37. The molecule has 0 heterocycles. The number of methoxy groups -OCH3 is 1. The Morgan fingerprint density at radius 1 is 1.12 bits per heavy atom. The molecule has 0 aliphatic carbocycles. The van der Waals surface area contributed by atoms with E-state index in [1.54, 1.807) is 7.11 Å². The van der Waals surface area contributed by atoms with Crippen LogP contribution < -0.4 is 4.74 Å². The van der Waals surface area contributed by atoms with Crippen LogP contribution in [0.1, 0.15) is 25.0 Å². The van der Waals surface area contributed by atoms with E-state index < -0.39 is 5.60 Å². The molecule has 0 saturated heterocycles. The molecule has 134 valence electrons. The van der Waals surface area contributed by atoms with Crippen molar-refractivity contribution in [1.29, 1.82) is 0 Å². The van der Waals surface area contributed by atoms with Gasteiger partial charge in [-0.25, -0.2) is 0 Å². The van der Waals surface area contributed by atoms with Gasteiger partial charge in [0.25, 0.3) is 0 Å². The minimum atomic E-state index is -1.05. The molecule has 2 rings (SSSR count). The molecule has 0 fully saturated rings. The van der Waals surface area contributed by atoms with E-state index >= 15 is 0 Å². The molecule has 2 unspecified atom stereocenters. The Hall–Kier alpha value is -2.10. The third-order valence-corrected chi connectivity index (χ3v) is 4.67. The Morgan fingerprint density at radius 2 is 1.72 bits per heavy atom. The van der Waals surface area contributed by atoms with Crippen molar-refractivity contribution >= 4 is 6.08 Å². The normalized spacial score (nSPS) is 15.7. The van der Waals surface area contributed by atoms with Crippen molar-refractivity contribution in [3.05, 3.63) is 71.3 Å². The molecular weight excluding hydrogens is 310 g/mol. The van der Waals surface area contributed by atoms with E-state index in [0.29, 0.717) is 0 Å². The first-order valence-corrected chi connectivity index (χ1v) is 8.63. The highest BCUT2D eigenvalue weighted by Crippen LogP contribution is 2.38. The Balaban J connectivity index is 2.48. The molecule has 25 heavy (non-hydrogen) atoms. The molecule has 2 aromatic rings. The number of nitrogens with zero attached hydrogens (tertiary/aromatic N) is 1. The van der Waals surface area contributed by atoms with Gasteiger partial charge in [0, 0.05) is 12.5 Å². The summed E-state index contributed by atoms with van der Waals surface area (Å²) in [5.41, 5.74) is 1.85. The summed E-state index contributed by atoms with van der Waals surface area (Å²) >= 11 is 0. The van der Waals surface area contributed by atoms with E-state index in [0.717, 1.165) is 29.0 Å². The van der Waals surface area contributed by atoms with Crippen LogP contribution in [0.15, 0.2) is 60.2 Å². The molecule has 2 aromatic carbocycles. The van der Waals surface area contributed by atoms with Gasteiger partial charge < -0.3 is 14.7 Å². The molecular formula is C22H29NO2. The molecule has 0 aliphatic heterocycles. The summed E-state index contributed by atoms with van der Waals surface area (Å²) in [6.07, 6.45) is 2.07. The second-order valence-corrected chi connectivity index (χ2v) is 6.90. The van der Waals surface area contributed by atoms with E-state index in [4.69, 9.17) is 4.74 Å². The molecule has 1 N–H and O–H groups in total. The van der Waals surface area contributed by atoms with Crippen LogP contribution in [0.2, 0.25) is 0 Å². The zero-order valence-corrected chi connectivity index (χ0v) is 15.9. The van der Waals surface area contributed by atoms with Crippen molar-refractivity contribution in [2.45, 2.75) is 19.4 Å². The second kappa shape index (κ2) is 8.32. The maximum atomic E-state index is 11.8. The van der Waals surface area contributed by atoms with Crippen LogP contribution in [0.4, 0.5) is 0 Å². The first-order chi connectivity index (χ1) is 11.9. The topological polar surface area (TPSA) is 32.7 Å². The van der Waals surface area contributed by atoms with E-state index in [-0.39, 0.29) is 5.92 Å². The number of hydrogen-bond acceptors (Lipinski definition) is 3. The number of aliphatic hydroxyl groups is 1. The highest BCUT2D eigenvalue weighted by molar-refractivity contribution is 5.56. The third-order valence-electron chi connectivity index (χ3n) is 4.67. The predicted molar refractivity (Wildman–Crippen MR) is 105 cm³/mol. The van der Waals surface area contributed by atoms with Gasteiger partial charge in [-0.2, -0.15) is 0 Å². The lowest BCUT2D eigenvalue weighted by Crippen LogP contribution is -2.40. The second-order valence-electron chi connectivity index (χ2n) is 6.90. The molecule has 3 nitrogen and oxygen atoms in total. The zero-order chi connectivity index (χ0) is 18.4. The Bertz CT molecular complexity index is 692. The highest BCUT2D eigenvalue weighted by atomic mass is 16.5. The summed E-state index contributed by atoms with van der Waals surface area (Å²) in [5.74, 6) is 0.812. The van der Waals surface area contributed by atoms with Gasteiger partial charge >= 0.3 is 0 Å². The van der Waals surface area contributed by atoms with Crippen LogP contribution in [0.3, 0.4) is 0 Å². The van der Waals surface area contributed by atoms with Crippen molar-refractivity contribution in [3.63, 3.8) is 0 Å². The number of rotatable bonds is 7. The van der Waals surface area contributed by atoms with E-state index in [2.05, 4.69) is 30.0 Å². The standard InChI is InChI=1S/C22H29NO2/c1-17(15-19-9-7-6-8-10-19)22(24,18(2)16-23(3)4)20-11-13-21(25-5)14-12-20/h6-15,18,24H,16H2,1-5H3. The summed E-state index contributed by atoms with van der Waals surface area (Å²) < 4.78 is 5.26. The summed E-state index contributed by atoms with van der Waals surface area (Å²) in [7, 11) is 5.71. The molecule has 0 aliphatic rings. The van der Waals surface area contributed by atoms with Gasteiger partial charge in [0.05, 0.1) is 7.11 Å². The van der Waals surface area contributed by atoms with Crippen LogP contribution in [0, 0.1) is 5.92 Å². The van der Waals surface area contributed by atoms with Crippen LogP contribution in [0.5, 0.6) is 5.75 Å². The molecule has 0 aromatic heterocycles. The smallest absolute Gasteiger partial charge is 0.118 e. The van der Waals surface area contributed by atoms with Crippen LogP contribution in [0.25, 0.3) is 6.08 Å². The Labute approximate surface area is 151 Å². The average Bonchev–Trinajstić information content (AvgIpc) is 2.61. The molecule has 2 atom stereocenters. The van der Waals surface area contributed by atoms with Crippen molar-refractivity contribution in [2.24, 2.45) is 5.92 Å². The molecule has 0 saturated carbocycles. The van der Waals surface area contributed by atoms with Gasteiger partial charge in [0.2, 0.25) is 0 Å². The van der Waals surface area contributed by atoms with Crippen molar-refractivity contribution in [2.75, 3.05) is 27.7 Å². The SMILES string of the molecule is COc1ccc(C(O)(C(C)=Cc2ccccc2)C(C)CN(C)C)cc1. The summed E-state index contributed by atoms with van der Waals surface area (Å²) in [6, 6.07) is 17.8. The molecule has 0 spiro atoms. The van der Waals surface area contributed by atoms with E-state index in [1.165, 1.54) is 0 Å². The predicted octanol–water partition coefficient (Wildman–Crippen LogP) is 4.18. The minimum absolute atomic E-state index is 0.0239. The van der Waals surface area contributed by atoms with E-state index in [1.807, 2.05) is 63.5 Å². The Kier molecular flexibility index (Phi) is 6.40. The van der Waals surface area contributed by atoms with Gasteiger partial charge in [0.1, 0.15) is 11.4 Å². The van der Waals surface area contributed by atoms with E-state index in [9.17, 15) is 5.11 Å². The van der Waals surface area contributed by atoms with Gasteiger partial charge in [0.15, 0.2) is 0 Å². The van der Waals surface area contributed by atoms with Crippen molar-refractivity contribution in [1.82, 2.24) is 4.90 Å². The number of hydrogen-bond donors (Lipinski definition) is 1. The first kappa shape index (κ1) is 19.2. The lowest BCUT2D eigenvalue weighted by molar-refractivity contribution is 0.0105. The lowest BCUT2D eigenvalue weighted by Gasteiger charge is -2.37. The molecule has 0 amide bonds. The van der Waals surface area contributed by atoms with Crippen molar-refractivity contribution in [3.8, 4) is 5.75 Å². The quantitative estimate of drug-likeness (QED) is 0.821. The lowest BCUT2D eigenvalue weighted by atomic mass is 9.76.